The third kappa shape index (κ3) is 2.67. The number of carbonyl (C=O) groups is 1. The standard InChI is InChI=1S/C9H11N3O4/c10-3-4-11-6-1-2-8(12(15)16)7(5-6)9(13)14/h1-2,5,11H,3-4,10H2,(H,13,14). The SMILES string of the molecule is NCCNc1ccc([N+](=O)[O-])c(C(=O)O)c1. The van der Waals surface area contributed by atoms with Crippen molar-refractivity contribution in [3.8, 4) is 0 Å². The van der Waals surface area contributed by atoms with Gasteiger partial charge in [-0.25, -0.2) is 4.79 Å². The highest BCUT2D eigenvalue weighted by atomic mass is 16.6. The molecular weight excluding hydrogens is 214 g/mol. The maximum Gasteiger partial charge on any atom is 0.342 e. The zero-order chi connectivity index (χ0) is 12.1. The molecule has 86 valence electrons. The Bertz CT molecular complexity index is 419. The molecule has 0 heterocycles. The van der Waals surface area contributed by atoms with Crippen molar-refractivity contribution >= 4 is 17.3 Å². The second kappa shape index (κ2) is 5.08. The van der Waals surface area contributed by atoms with Crippen LogP contribution in [0.4, 0.5) is 11.4 Å². The Labute approximate surface area is 91.0 Å². The lowest BCUT2D eigenvalue weighted by atomic mass is 10.1. The molecule has 0 aromatic heterocycles. The van der Waals surface area contributed by atoms with E-state index >= 15 is 0 Å². The molecule has 0 bridgehead atoms. The zero-order valence-corrected chi connectivity index (χ0v) is 8.34. The van der Waals surface area contributed by atoms with Crippen molar-refractivity contribution in [2.24, 2.45) is 5.73 Å². The Balaban J connectivity index is 3.07. The monoisotopic (exact) mass is 225 g/mol. The predicted molar refractivity (Wildman–Crippen MR) is 57.6 cm³/mol. The van der Waals surface area contributed by atoms with E-state index in [1.165, 1.54) is 12.1 Å². The summed E-state index contributed by atoms with van der Waals surface area (Å²) in [6.07, 6.45) is 0. The average molecular weight is 225 g/mol. The normalized spacial score (nSPS) is 9.81. The van der Waals surface area contributed by atoms with Crippen LogP contribution in [0.25, 0.3) is 0 Å². The summed E-state index contributed by atoms with van der Waals surface area (Å²) >= 11 is 0. The van der Waals surface area contributed by atoms with E-state index in [0.717, 1.165) is 6.07 Å². The molecule has 0 spiro atoms. The van der Waals surface area contributed by atoms with Crippen molar-refractivity contribution in [2.45, 2.75) is 0 Å². The number of nitrogens with zero attached hydrogens (tertiary/aromatic N) is 1. The number of hydrogen-bond donors (Lipinski definition) is 3. The van der Waals surface area contributed by atoms with Crippen LogP contribution in [0.15, 0.2) is 18.2 Å². The molecule has 4 N–H and O–H groups in total. The second-order valence-corrected chi connectivity index (χ2v) is 3.01. The van der Waals surface area contributed by atoms with Gasteiger partial charge in [-0.1, -0.05) is 0 Å². The molecule has 0 radical (unpaired) electrons. The number of nitrogens with one attached hydrogen (secondary N) is 1. The number of benzene rings is 1. The highest BCUT2D eigenvalue weighted by Gasteiger charge is 2.19. The second-order valence-electron chi connectivity index (χ2n) is 3.01. The summed E-state index contributed by atoms with van der Waals surface area (Å²) in [6, 6.07) is 3.82. The number of rotatable bonds is 5. The molecule has 1 rings (SSSR count). The van der Waals surface area contributed by atoms with E-state index in [1.54, 1.807) is 0 Å². The summed E-state index contributed by atoms with van der Waals surface area (Å²) in [5, 5.41) is 22.2. The molecule has 0 aliphatic carbocycles. The molecule has 7 nitrogen and oxygen atoms in total. The van der Waals surface area contributed by atoms with Crippen LogP contribution in [-0.2, 0) is 0 Å². The molecule has 1 aromatic carbocycles. The van der Waals surface area contributed by atoms with Gasteiger partial charge in [0.2, 0.25) is 0 Å². The number of nitrogens with two attached hydrogens (primary N) is 1. The van der Waals surface area contributed by atoms with Crippen molar-refractivity contribution in [1.82, 2.24) is 0 Å². The lowest BCUT2D eigenvalue weighted by molar-refractivity contribution is -0.385. The average Bonchev–Trinajstić information content (AvgIpc) is 2.25. The van der Waals surface area contributed by atoms with Crippen molar-refractivity contribution in [2.75, 3.05) is 18.4 Å². The summed E-state index contributed by atoms with van der Waals surface area (Å²) in [5.74, 6) is -1.33. The lowest BCUT2D eigenvalue weighted by Crippen LogP contribution is -2.13. The van der Waals surface area contributed by atoms with Gasteiger partial charge in [0, 0.05) is 24.8 Å². The van der Waals surface area contributed by atoms with Gasteiger partial charge in [-0.15, -0.1) is 0 Å². The highest BCUT2D eigenvalue weighted by Crippen LogP contribution is 2.22. The number of nitro benzene ring substituents is 1. The van der Waals surface area contributed by atoms with Gasteiger partial charge in [0.25, 0.3) is 5.69 Å². The topological polar surface area (TPSA) is 118 Å². The number of carboxylic acid groups (broad SMARTS) is 1. The minimum atomic E-state index is -1.33. The fourth-order valence-corrected chi connectivity index (χ4v) is 1.19. The predicted octanol–water partition coefficient (Wildman–Crippen LogP) is 0.664. The Morgan fingerprint density at radius 2 is 2.25 bits per heavy atom. The summed E-state index contributed by atoms with van der Waals surface area (Å²) < 4.78 is 0. The Hall–Kier alpha value is -2.15. The zero-order valence-electron chi connectivity index (χ0n) is 8.34. The van der Waals surface area contributed by atoms with Crippen LogP contribution in [0.1, 0.15) is 10.4 Å². The van der Waals surface area contributed by atoms with Gasteiger partial charge in [-0.2, -0.15) is 0 Å². The van der Waals surface area contributed by atoms with E-state index in [0.29, 0.717) is 18.8 Å². The maximum absolute atomic E-state index is 10.8. The molecule has 0 fully saturated rings. The van der Waals surface area contributed by atoms with E-state index in [9.17, 15) is 14.9 Å². The van der Waals surface area contributed by atoms with Gasteiger partial charge in [-0.05, 0) is 12.1 Å². The van der Waals surface area contributed by atoms with Crippen molar-refractivity contribution < 1.29 is 14.8 Å². The summed E-state index contributed by atoms with van der Waals surface area (Å²) in [4.78, 5) is 20.6. The minimum Gasteiger partial charge on any atom is -0.477 e. The first-order chi connectivity index (χ1) is 7.56. The summed E-state index contributed by atoms with van der Waals surface area (Å²) in [7, 11) is 0. The molecule has 0 amide bonds. The van der Waals surface area contributed by atoms with Gasteiger partial charge < -0.3 is 16.2 Å². The fourth-order valence-electron chi connectivity index (χ4n) is 1.19. The first-order valence-corrected chi connectivity index (χ1v) is 4.52. The third-order valence-corrected chi connectivity index (χ3v) is 1.90. The van der Waals surface area contributed by atoms with Gasteiger partial charge in [0.1, 0.15) is 5.56 Å². The van der Waals surface area contributed by atoms with Crippen molar-refractivity contribution in [1.29, 1.82) is 0 Å². The molecule has 0 aliphatic heterocycles. The molecule has 7 heteroatoms. The van der Waals surface area contributed by atoms with Crippen LogP contribution in [0.3, 0.4) is 0 Å². The van der Waals surface area contributed by atoms with Crippen LogP contribution in [0, 0.1) is 10.1 Å². The third-order valence-electron chi connectivity index (χ3n) is 1.90. The van der Waals surface area contributed by atoms with E-state index in [4.69, 9.17) is 10.8 Å². The summed E-state index contributed by atoms with van der Waals surface area (Å²) in [6.45, 7) is 0.857. The Morgan fingerprint density at radius 3 is 2.75 bits per heavy atom. The molecular formula is C9H11N3O4. The van der Waals surface area contributed by atoms with Crippen LogP contribution in [0.2, 0.25) is 0 Å². The van der Waals surface area contributed by atoms with Gasteiger partial charge in [0.15, 0.2) is 0 Å². The van der Waals surface area contributed by atoms with Crippen LogP contribution in [-0.4, -0.2) is 29.1 Å². The molecule has 0 saturated carbocycles. The first kappa shape index (κ1) is 11.9. The minimum absolute atomic E-state index is 0.341. The number of nitro groups is 1. The van der Waals surface area contributed by atoms with Crippen LogP contribution in [0.5, 0.6) is 0 Å². The Morgan fingerprint density at radius 1 is 1.56 bits per heavy atom. The fraction of sp³-hybridized carbons (Fsp3) is 0.222. The number of aromatic carboxylic acids is 1. The van der Waals surface area contributed by atoms with E-state index in [2.05, 4.69) is 5.32 Å². The van der Waals surface area contributed by atoms with Gasteiger partial charge in [0.05, 0.1) is 4.92 Å². The smallest absolute Gasteiger partial charge is 0.342 e. The molecule has 16 heavy (non-hydrogen) atoms. The quantitative estimate of drug-likeness (QED) is 0.500. The number of carboxylic acids is 1. The molecule has 0 aliphatic rings. The van der Waals surface area contributed by atoms with E-state index in [1.807, 2.05) is 0 Å². The largest absolute Gasteiger partial charge is 0.477 e. The lowest BCUT2D eigenvalue weighted by Gasteiger charge is -2.05. The first-order valence-electron chi connectivity index (χ1n) is 4.52. The van der Waals surface area contributed by atoms with E-state index in [-0.39, 0.29) is 5.56 Å². The van der Waals surface area contributed by atoms with Crippen molar-refractivity contribution in [3.63, 3.8) is 0 Å². The molecule has 0 unspecified atom stereocenters. The van der Waals surface area contributed by atoms with Crippen molar-refractivity contribution in [3.05, 3.63) is 33.9 Å². The summed E-state index contributed by atoms with van der Waals surface area (Å²) in [5.41, 5.74) is 4.99. The maximum atomic E-state index is 10.8. The highest BCUT2D eigenvalue weighted by molar-refractivity contribution is 5.93. The van der Waals surface area contributed by atoms with Crippen LogP contribution < -0.4 is 11.1 Å². The Kier molecular flexibility index (Phi) is 3.78. The number of hydrogen-bond acceptors (Lipinski definition) is 5. The molecule has 1 aromatic rings. The van der Waals surface area contributed by atoms with Gasteiger partial charge in [-0.3, -0.25) is 10.1 Å². The molecule has 0 saturated heterocycles. The van der Waals surface area contributed by atoms with Gasteiger partial charge >= 0.3 is 5.97 Å². The molecule has 0 atom stereocenters. The number of anilines is 1. The van der Waals surface area contributed by atoms with E-state index < -0.39 is 16.6 Å². The van der Waals surface area contributed by atoms with Crippen LogP contribution >= 0.6 is 0 Å².